The van der Waals surface area contributed by atoms with E-state index in [0.717, 1.165) is 22.3 Å². The third kappa shape index (κ3) is 3.46. The third-order valence-corrected chi connectivity index (χ3v) is 4.31. The lowest BCUT2D eigenvalue weighted by Gasteiger charge is -2.21. The maximum atomic E-state index is 5.64. The van der Waals surface area contributed by atoms with Crippen molar-refractivity contribution in [2.24, 2.45) is 0 Å². The van der Waals surface area contributed by atoms with Gasteiger partial charge in [-0.15, -0.1) is 11.8 Å². The third-order valence-electron chi connectivity index (χ3n) is 3.27. The second-order valence-electron chi connectivity index (χ2n) is 4.60. The molecule has 1 N–H and O–H groups in total. The molecule has 1 atom stereocenters. The smallest absolute Gasteiger partial charge is 0.161 e. The molecule has 1 aliphatic heterocycles. The molecule has 0 saturated heterocycles. The Morgan fingerprint density at radius 3 is 2.86 bits per heavy atom. The molecule has 2 heterocycles. The zero-order chi connectivity index (χ0) is 14.5. The molecular weight excluding hydrogens is 286 g/mol. The average molecular weight is 303 g/mol. The van der Waals surface area contributed by atoms with Gasteiger partial charge in [0.15, 0.2) is 11.5 Å². The van der Waals surface area contributed by atoms with Crippen LogP contribution in [0.2, 0.25) is 0 Å². The largest absolute Gasteiger partial charge is 0.486 e. The van der Waals surface area contributed by atoms with Crippen LogP contribution >= 0.6 is 11.8 Å². The van der Waals surface area contributed by atoms with Gasteiger partial charge in [0.25, 0.3) is 0 Å². The van der Waals surface area contributed by atoms with Crippen molar-refractivity contribution in [2.75, 3.05) is 26.0 Å². The average Bonchev–Trinajstić information content (AvgIpc) is 2.56. The van der Waals surface area contributed by atoms with E-state index in [1.165, 1.54) is 5.56 Å². The molecule has 0 fully saturated rings. The quantitative estimate of drug-likeness (QED) is 0.676. The topological polar surface area (TPSA) is 56.3 Å². The maximum absolute atomic E-state index is 5.64. The van der Waals surface area contributed by atoms with Crippen molar-refractivity contribution >= 4 is 11.8 Å². The lowest BCUT2D eigenvalue weighted by molar-refractivity contribution is 0.171. The zero-order valence-electron chi connectivity index (χ0n) is 11.8. The summed E-state index contributed by atoms with van der Waals surface area (Å²) in [5, 5.41) is 4.31. The van der Waals surface area contributed by atoms with Crippen LogP contribution in [0.4, 0.5) is 0 Å². The van der Waals surface area contributed by atoms with Crippen LogP contribution in [0.5, 0.6) is 11.5 Å². The summed E-state index contributed by atoms with van der Waals surface area (Å²) in [6.07, 6.45) is 3.33. The molecule has 0 saturated carbocycles. The molecule has 0 amide bonds. The normalized spacial score (nSPS) is 14.7. The highest BCUT2D eigenvalue weighted by Crippen LogP contribution is 2.33. The second kappa shape index (κ2) is 6.78. The minimum absolute atomic E-state index is 0.223. The molecule has 6 heteroatoms. The molecule has 0 bridgehead atoms. The molecule has 0 radical (unpaired) electrons. The first kappa shape index (κ1) is 14.2. The first-order chi connectivity index (χ1) is 10.4. The predicted molar refractivity (Wildman–Crippen MR) is 82.0 cm³/mol. The van der Waals surface area contributed by atoms with Crippen molar-refractivity contribution in [1.82, 2.24) is 15.3 Å². The van der Waals surface area contributed by atoms with Crippen molar-refractivity contribution in [3.8, 4) is 11.5 Å². The van der Waals surface area contributed by atoms with Crippen molar-refractivity contribution in [1.29, 1.82) is 0 Å². The Morgan fingerprint density at radius 2 is 2.10 bits per heavy atom. The summed E-state index contributed by atoms with van der Waals surface area (Å²) in [5.41, 5.74) is 1.18. The molecule has 3 rings (SSSR count). The summed E-state index contributed by atoms with van der Waals surface area (Å²) in [4.78, 5) is 8.16. The fraction of sp³-hybridized carbons (Fsp3) is 0.333. The van der Waals surface area contributed by atoms with Gasteiger partial charge in [-0.05, 0) is 30.8 Å². The van der Waals surface area contributed by atoms with E-state index in [0.29, 0.717) is 13.2 Å². The molecule has 1 aliphatic rings. The van der Waals surface area contributed by atoms with Crippen molar-refractivity contribution in [3.05, 3.63) is 42.4 Å². The number of ether oxygens (including phenoxy) is 2. The van der Waals surface area contributed by atoms with Gasteiger partial charge in [0.1, 0.15) is 19.5 Å². The van der Waals surface area contributed by atoms with Crippen LogP contribution in [0.1, 0.15) is 11.6 Å². The highest BCUT2D eigenvalue weighted by Gasteiger charge is 2.16. The summed E-state index contributed by atoms with van der Waals surface area (Å²) in [6, 6.07) is 8.25. The van der Waals surface area contributed by atoms with E-state index >= 15 is 0 Å². The SMILES string of the molecule is CNC(CSc1ccncn1)c1ccc2c(c1)OCCO2. The molecule has 110 valence electrons. The number of aromatic nitrogens is 2. The van der Waals surface area contributed by atoms with Crippen molar-refractivity contribution in [2.45, 2.75) is 11.1 Å². The molecule has 5 nitrogen and oxygen atoms in total. The van der Waals surface area contributed by atoms with Gasteiger partial charge in [-0.2, -0.15) is 0 Å². The van der Waals surface area contributed by atoms with Crippen molar-refractivity contribution < 1.29 is 9.47 Å². The van der Waals surface area contributed by atoms with Gasteiger partial charge >= 0.3 is 0 Å². The predicted octanol–water partition coefficient (Wildman–Crippen LogP) is 2.30. The number of fused-ring (bicyclic) bond motifs is 1. The lowest BCUT2D eigenvalue weighted by atomic mass is 10.1. The zero-order valence-corrected chi connectivity index (χ0v) is 12.6. The highest BCUT2D eigenvalue weighted by atomic mass is 32.2. The van der Waals surface area contributed by atoms with E-state index < -0.39 is 0 Å². The summed E-state index contributed by atoms with van der Waals surface area (Å²) < 4.78 is 11.2. The lowest BCUT2D eigenvalue weighted by Crippen LogP contribution is -2.20. The Balaban J connectivity index is 1.71. The Hall–Kier alpha value is -1.79. The summed E-state index contributed by atoms with van der Waals surface area (Å²) in [5.74, 6) is 2.53. The van der Waals surface area contributed by atoms with Gasteiger partial charge in [0, 0.05) is 18.0 Å². The van der Waals surface area contributed by atoms with Crippen molar-refractivity contribution in [3.63, 3.8) is 0 Å². The van der Waals surface area contributed by atoms with Crippen LogP contribution in [0.3, 0.4) is 0 Å². The van der Waals surface area contributed by atoms with Gasteiger partial charge in [-0.25, -0.2) is 9.97 Å². The fourth-order valence-electron chi connectivity index (χ4n) is 2.16. The number of nitrogens with zero attached hydrogens (tertiary/aromatic N) is 2. The fourth-order valence-corrected chi connectivity index (χ4v) is 3.13. The molecule has 21 heavy (non-hydrogen) atoms. The van der Waals surface area contributed by atoms with E-state index in [1.807, 2.05) is 19.2 Å². The van der Waals surface area contributed by atoms with Crippen LogP contribution in [0.15, 0.2) is 41.8 Å². The maximum Gasteiger partial charge on any atom is 0.161 e. The highest BCUT2D eigenvalue weighted by molar-refractivity contribution is 7.99. The molecule has 1 aromatic heterocycles. The molecule has 1 unspecified atom stereocenters. The van der Waals surface area contributed by atoms with E-state index in [1.54, 1.807) is 24.3 Å². The van der Waals surface area contributed by atoms with Gasteiger partial charge < -0.3 is 14.8 Å². The number of nitrogens with one attached hydrogen (secondary N) is 1. The summed E-state index contributed by atoms with van der Waals surface area (Å²) >= 11 is 1.70. The number of benzene rings is 1. The van der Waals surface area contributed by atoms with Crippen LogP contribution in [-0.2, 0) is 0 Å². The van der Waals surface area contributed by atoms with Crippen LogP contribution < -0.4 is 14.8 Å². The number of thioether (sulfide) groups is 1. The van der Waals surface area contributed by atoms with Gasteiger partial charge in [-0.3, -0.25) is 0 Å². The summed E-state index contributed by atoms with van der Waals surface area (Å²) in [7, 11) is 1.96. The molecule has 0 spiro atoms. The molecule has 1 aromatic carbocycles. The Morgan fingerprint density at radius 1 is 1.24 bits per heavy atom. The first-order valence-electron chi connectivity index (χ1n) is 6.82. The van der Waals surface area contributed by atoms with Gasteiger partial charge in [-0.1, -0.05) is 6.07 Å². The van der Waals surface area contributed by atoms with E-state index in [9.17, 15) is 0 Å². The van der Waals surface area contributed by atoms with Gasteiger partial charge in [0.05, 0.1) is 5.03 Å². The summed E-state index contributed by atoms with van der Waals surface area (Å²) in [6.45, 7) is 1.22. The molecular formula is C15H17N3O2S. The van der Waals surface area contributed by atoms with E-state index in [4.69, 9.17) is 9.47 Å². The first-order valence-corrected chi connectivity index (χ1v) is 7.81. The number of hydrogen-bond donors (Lipinski definition) is 1. The Kier molecular flexibility index (Phi) is 4.57. The molecule has 2 aromatic rings. The standard InChI is InChI=1S/C15H17N3O2S/c1-16-12(9-21-15-4-5-17-10-18-15)11-2-3-13-14(8-11)20-7-6-19-13/h2-5,8,10,12,16H,6-7,9H2,1H3. The Labute approximate surface area is 128 Å². The Bertz CT molecular complexity index is 595. The monoisotopic (exact) mass is 303 g/mol. The second-order valence-corrected chi connectivity index (χ2v) is 5.64. The van der Waals surface area contributed by atoms with Crippen LogP contribution in [-0.4, -0.2) is 36.0 Å². The minimum atomic E-state index is 0.223. The number of rotatable bonds is 5. The number of hydrogen-bond acceptors (Lipinski definition) is 6. The van der Waals surface area contributed by atoms with Gasteiger partial charge in [0.2, 0.25) is 0 Å². The molecule has 0 aliphatic carbocycles. The minimum Gasteiger partial charge on any atom is -0.486 e. The van der Waals surface area contributed by atoms with E-state index in [-0.39, 0.29) is 6.04 Å². The van der Waals surface area contributed by atoms with E-state index in [2.05, 4.69) is 27.4 Å². The van der Waals surface area contributed by atoms with Crippen LogP contribution in [0, 0.1) is 0 Å². The van der Waals surface area contributed by atoms with Crippen LogP contribution in [0.25, 0.3) is 0 Å².